The van der Waals surface area contributed by atoms with E-state index in [1.807, 2.05) is 35.9 Å². The quantitative estimate of drug-likeness (QED) is 0.295. The molecule has 4 heterocycles. The Morgan fingerprint density at radius 2 is 2.18 bits per heavy atom. The van der Waals surface area contributed by atoms with Crippen molar-refractivity contribution in [2.75, 3.05) is 0 Å². The predicted octanol–water partition coefficient (Wildman–Crippen LogP) is 5.21. The Labute approximate surface area is 173 Å². The summed E-state index contributed by atoms with van der Waals surface area (Å²) < 4.78 is 10.5. The number of rotatable bonds is 7. The summed E-state index contributed by atoms with van der Waals surface area (Å²) >= 11 is 4.60. The Bertz CT molecular complexity index is 1070. The lowest BCUT2D eigenvalue weighted by molar-refractivity contribution is 0.0463. The minimum absolute atomic E-state index is 0.127. The molecule has 0 aliphatic carbocycles. The fraction of sp³-hybridized carbons (Fsp3) is 0.158. The third-order valence-electron chi connectivity index (χ3n) is 3.66. The predicted molar refractivity (Wildman–Crippen MR) is 110 cm³/mol. The molecule has 0 radical (unpaired) electrons. The minimum atomic E-state index is -0.419. The van der Waals surface area contributed by atoms with Crippen LogP contribution in [0.2, 0.25) is 0 Å². The monoisotopic (exact) mass is 429 g/mol. The number of ether oxygens (including phenoxy) is 1. The largest absolute Gasteiger partial charge is 0.455 e. The van der Waals surface area contributed by atoms with E-state index in [4.69, 9.17) is 9.26 Å². The van der Waals surface area contributed by atoms with E-state index in [0.717, 1.165) is 27.0 Å². The molecule has 0 atom stereocenters. The molecular weight excluding hydrogens is 414 g/mol. The molecule has 4 aromatic heterocycles. The van der Waals surface area contributed by atoms with Crippen molar-refractivity contribution in [3.8, 4) is 9.88 Å². The van der Waals surface area contributed by atoms with Crippen molar-refractivity contribution in [2.45, 2.75) is 24.3 Å². The molecule has 0 unspecified atom stereocenters. The second-order valence-corrected chi connectivity index (χ2v) is 8.54. The van der Waals surface area contributed by atoms with Crippen LogP contribution in [0.5, 0.6) is 0 Å². The highest BCUT2D eigenvalue weighted by molar-refractivity contribution is 7.98. The average Bonchev–Trinajstić information content (AvgIpc) is 3.46. The van der Waals surface area contributed by atoms with Crippen LogP contribution in [0.3, 0.4) is 0 Å². The molecule has 6 nitrogen and oxygen atoms in total. The molecule has 9 heteroatoms. The molecule has 4 aromatic rings. The molecular formula is C19H15N3O3S3. The van der Waals surface area contributed by atoms with Crippen LogP contribution in [0.1, 0.15) is 27.5 Å². The Kier molecular flexibility index (Phi) is 5.84. The molecule has 0 fully saturated rings. The van der Waals surface area contributed by atoms with Gasteiger partial charge in [0.15, 0.2) is 0 Å². The fourth-order valence-electron chi connectivity index (χ4n) is 2.39. The van der Waals surface area contributed by atoms with Crippen molar-refractivity contribution in [2.24, 2.45) is 0 Å². The summed E-state index contributed by atoms with van der Waals surface area (Å²) in [5, 5.41) is 9.42. The maximum absolute atomic E-state index is 12.6. The van der Waals surface area contributed by atoms with Gasteiger partial charge in [-0.2, -0.15) is 0 Å². The number of carbonyl (C=O) groups excluding carboxylic acids is 1. The van der Waals surface area contributed by atoms with Gasteiger partial charge in [-0.3, -0.25) is 0 Å². The zero-order chi connectivity index (χ0) is 19.3. The van der Waals surface area contributed by atoms with Gasteiger partial charge in [0.1, 0.15) is 22.4 Å². The van der Waals surface area contributed by atoms with E-state index in [2.05, 4.69) is 15.1 Å². The fourth-order valence-corrected chi connectivity index (χ4v) is 4.87. The van der Waals surface area contributed by atoms with Gasteiger partial charge >= 0.3 is 5.97 Å². The number of thiophene rings is 1. The van der Waals surface area contributed by atoms with E-state index in [0.29, 0.717) is 16.3 Å². The SMILES string of the molecule is Cc1cc(CSc2ncccc2C(=O)OCc2csc(-c3cccs3)n2)no1. The molecule has 142 valence electrons. The van der Waals surface area contributed by atoms with Crippen LogP contribution in [0, 0.1) is 6.92 Å². The number of carbonyl (C=O) groups is 1. The number of aryl methyl sites for hydroxylation is 1. The Morgan fingerprint density at radius 3 is 2.96 bits per heavy atom. The van der Waals surface area contributed by atoms with Gasteiger partial charge < -0.3 is 9.26 Å². The first-order chi connectivity index (χ1) is 13.7. The summed E-state index contributed by atoms with van der Waals surface area (Å²) in [5.41, 5.74) is 1.97. The second kappa shape index (κ2) is 8.68. The number of esters is 1. The molecule has 0 aliphatic heterocycles. The number of thioether (sulfide) groups is 1. The molecule has 0 saturated heterocycles. The van der Waals surface area contributed by atoms with Crippen LogP contribution >= 0.6 is 34.4 Å². The first kappa shape index (κ1) is 18.9. The smallest absolute Gasteiger partial charge is 0.341 e. The third kappa shape index (κ3) is 4.49. The number of aromatic nitrogens is 3. The van der Waals surface area contributed by atoms with Crippen molar-refractivity contribution in [1.29, 1.82) is 0 Å². The van der Waals surface area contributed by atoms with Crippen LogP contribution in [0.25, 0.3) is 9.88 Å². The summed E-state index contributed by atoms with van der Waals surface area (Å²) in [7, 11) is 0. The number of thiazole rings is 1. The maximum atomic E-state index is 12.6. The van der Waals surface area contributed by atoms with Gasteiger partial charge in [0.05, 0.1) is 21.8 Å². The van der Waals surface area contributed by atoms with Gasteiger partial charge in [-0.15, -0.1) is 22.7 Å². The molecule has 0 aliphatic rings. The van der Waals surface area contributed by atoms with Crippen molar-refractivity contribution in [1.82, 2.24) is 15.1 Å². The van der Waals surface area contributed by atoms with Crippen LogP contribution in [-0.4, -0.2) is 21.1 Å². The van der Waals surface area contributed by atoms with Crippen LogP contribution in [0.15, 0.2) is 56.8 Å². The molecule has 4 rings (SSSR count). The highest BCUT2D eigenvalue weighted by atomic mass is 32.2. The van der Waals surface area contributed by atoms with E-state index in [9.17, 15) is 4.79 Å². The lowest BCUT2D eigenvalue weighted by Gasteiger charge is -2.07. The summed E-state index contributed by atoms with van der Waals surface area (Å²) in [6.45, 7) is 1.97. The van der Waals surface area contributed by atoms with Crippen LogP contribution in [0.4, 0.5) is 0 Å². The maximum Gasteiger partial charge on any atom is 0.341 e. The van der Waals surface area contributed by atoms with Gasteiger partial charge in [-0.05, 0) is 30.5 Å². The molecule has 0 bridgehead atoms. The van der Waals surface area contributed by atoms with Gasteiger partial charge in [0.25, 0.3) is 0 Å². The highest BCUT2D eigenvalue weighted by Gasteiger charge is 2.16. The van der Waals surface area contributed by atoms with Crippen LogP contribution < -0.4 is 0 Å². The minimum Gasteiger partial charge on any atom is -0.455 e. The average molecular weight is 430 g/mol. The summed E-state index contributed by atoms with van der Waals surface area (Å²) in [6, 6.07) is 9.31. The Balaban J connectivity index is 1.39. The van der Waals surface area contributed by atoms with Gasteiger partial charge in [-0.25, -0.2) is 14.8 Å². The van der Waals surface area contributed by atoms with Crippen molar-refractivity contribution in [3.63, 3.8) is 0 Å². The summed E-state index contributed by atoms with van der Waals surface area (Å²) in [5.74, 6) is 0.893. The van der Waals surface area contributed by atoms with Crippen molar-refractivity contribution < 1.29 is 14.1 Å². The number of hydrogen-bond donors (Lipinski definition) is 0. The molecule has 28 heavy (non-hydrogen) atoms. The Morgan fingerprint density at radius 1 is 1.25 bits per heavy atom. The van der Waals surface area contributed by atoms with E-state index in [1.54, 1.807) is 41.0 Å². The zero-order valence-corrected chi connectivity index (χ0v) is 17.3. The van der Waals surface area contributed by atoms with Crippen molar-refractivity contribution >= 4 is 40.4 Å². The van der Waals surface area contributed by atoms with E-state index >= 15 is 0 Å². The standard InChI is InChI=1S/C19H15N3O3S3/c1-12-8-13(22-25-12)10-27-17-15(4-2-6-20-17)19(23)24-9-14-11-28-18(21-14)16-5-3-7-26-16/h2-8,11H,9-10H2,1H3. The molecule has 0 N–H and O–H groups in total. The first-order valence-corrected chi connectivity index (χ1v) is 11.1. The zero-order valence-electron chi connectivity index (χ0n) is 14.8. The second-order valence-electron chi connectivity index (χ2n) is 5.77. The summed E-state index contributed by atoms with van der Waals surface area (Å²) in [6.07, 6.45) is 1.65. The van der Waals surface area contributed by atoms with Crippen LogP contribution in [-0.2, 0) is 17.1 Å². The van der Waals surface area contributed by atoms with E-state index in [-0.39, 0.29) is 6.61 Å². The third-order valence-corrected chi connectivity index (χ3v) is 6.63. The first-order valence-electron chi connectivity index (χ1n) is 8.34. The molecule has 0 aromatic carbocycles. The van der Waals surface area contributed by atoms with E-state index < -0.39 is 5.97 Å². The normalized spacial score (nSPS) is 10.9. The van der Waals surface area contributed by atoms with E-state index in [1.165, 1.54) is 11.8 Å². The lowest BCUT2D eigenvalue weighted by Crippen LogP contribution is -2.08. The van der Waals surface area contributed by atoms with Gasteiger partial charge in [0, 0.05) is 23.4 Å². The molecule has 0 spiro atoms. The number of pyridine rings is 1. The summed E-state index contributed by atoms with van der Waals surface area (Å²) in [4.78, 5) is 22.5. The topological polar surface area (TPSA) is 78.1 Å². The molecule has 0 amide bonds. The lowest BCUT2D eigenvalue weighted by atomic mass is 10.3. The molecule has 0 saturated carbocycles. The number of hydrogen-bond acceptors (Lipinski definition) is 9. The number of nitrogens with zero attached hydrogens (tertiary/aromatic N) is 3. The Hall–Kier alpha value is -2.49. The van der Waals surface area contributed by atoms with Crippen molar-refractivity contribution in [3.05, 3.63) is 70.0 Å². The van der Waals surface area contributed by atoms with Gasteiger partial charge in [-0.1, -0.05) is 23.0 Å². The van der Waals surface area contributed by atoms with Gasteiger partial charge in [0.2, 0.25) is 0 Å². The highest BCUT2D eigenvalue weighted by Crippen LogP contribution is 2.28.